The van der Waals surface area contributed by atoms with Crippen molar-refractivity contribution >= 4 is 17.6 Å². The maximum Gasteiger partial charge on any atom is 0.306 e. The fourth-order valence-electron chi connectivity index (χ4n) is 6.78. The smallest absolute Gasteiger partial charge is 0.306 e. The Kier molecular flexibility index (Phi) is 7.78. The molecule has 1 saturated heterocycles. The summed E-state index contributed by atoms with van der Waals surface area (Å²) in [6.07, 6.45) is 16.1. The molecule has 3 aliphatic rings. The van der Waals surface area contributed by atoms with Crippen LogP contribution in [0.5, 0.6) is 0 Å². The van der Waals surface area contributed by atoms with Crippen molar-refractivity contribution < 1.29 is 9.53 Å². The molecule has 198 valence electrons. The van der Waals surface area contributed by atoms with Crippen LogP contribution in [-0.4, -0.2) is 22.0 Å². The third kappa shape index (κ3) is 5.66. The SMILES string of the molecule is O=C1CCCC2c3cc(CCCc4ncc(Cl)c(CCCc5cccc6c5CCCC6)n4)ccc3CC2O1. The van der Waals surface area contributed by atoms with Gasteiger partial charge < -0.3 is 4.74 Å². The number of ether oxygens (including phenoxy) is 1. The molecule has 0 radical (unpaired) electrons. The molecular formula is C33H37ClN2O2. The van der Waals surface area contributed by atoms with Gasteiger partial charge in [-0.25, -0.2) is 9.97 Å². The molecule has 0 amide bonds. The Hall–Kier alpha value is -2.72. The van der Waals surface area contributed by atoms with Crippen molar-refractivity contribution in [3.05, 3.63) is 92.5 Å². The van der Waals surface area contributed by atoms with E-state index >= 15 is 0 Å². The normalized spacial score (nSPS) is 20.3. The Balaban J connectivity index is 1.04. The predicted octanol–water partition coefficient (Wildman–Crippen LogP) is 7.09. The molecule has 1 fully saturated rings. The van der Waals surface area contributed by atoms with Crippen LogP contribution in [0.25, 0.3) is 0 Å². The second-order valence-corrected chi connectivity index (χ2v) is 11.7. The van der Waals surface area contributed by atoms with Crippen LogP contribution >= 0.6 is 11.6 Å². The fourth-order valence-corrected chi connectivity index (χ4v) is 6.97. The van der Waals surface area contributed by atoms with Gasteiger partial charge in [0.15, 0.2) is 0 Å². The number of aryl methyl sites for hydroxylation is 5. The third-order valence-corrected chi connectivity index (χ3v) is 9.06. The van der Waals surface area contributed by atoms with Gasteiger partial charge in [0.25, 0.3) is 0 Å². The van der Waals surface area contributed by atoms with Crippen LogP contribution in [0.1, 0.15) is 95.8 Å². The van der Waals surface area contributed by atoms with Crippen molar-refractivity contribution in [2.24, 2.45) is 0 Å². The molecule has 0 saturated carbocycles. The summed E-state index contributed by atoms with van der Waals surface area (Å²) in [6, 6.07) is 13.7. The largest absolute Gasteiger partial charge is 0.461 e. The maximum atomic E-state index is 11.9. The lowest BCUT2D eigenvalue weighted by Crippen LogP contribution is -2.19. The summed E-state index contributed by atoms with van der Waals surface area (Å²) < 4.78 is 5.73. The molecular weight excluding hydrogens is 492 g/mol. The fraction of sp³-hybridized carbons (Fsp3) is 0.485. The van der Waals surface area contributed by atoms with Crippen LogP contribution in [-0.2, 0) is 54.5 Å². The van der Waals surface area contributed by atoms with Gasteiger partial charge in [-0.05, 0) is 104 Å². The van der Waals surface area contributed by atoms with E-state index in [1.165, 1.54) is 47.9 Å². The van der Waals surface area contributed by atoms with E-state index in [0.717, 1.165) is 69.3 Å². The van der Waals surface area contributed by atoms with E-state index in [1.54, 1.807) is 17.3 Å². The number of nitrogens with zero attached hydrogens (tertiary/aromatic N) is 2. The first-order valence-corrected chi connectivity index (χ1v) is 14.9. The average Bonchev–Trinajstić information content (AvgIpc) is 3.14. The molecule has 2 atom stereocenters. The Morgan fingerprint density at radius 1 is 0.921 bits per heavy atom. The highest BCUT2D eigenvalue weighted by Crippen LogP contribution is 2.41. The molecule has 4 nitrogen and oxygen atoms in total. The minimum absolute atomic E-state index is 0.0310. The van der Waals surface area contributed by atoms with Crippen LogP contribution in [0.15, 0.2) is 42.6 Å². The van der Waals surface area contributed by atoms with Gasteiger partial charge >= 0.3 is 5.97 Å². The molecule has 3 aromatic rings. The molecule has 2 aromatic carbocycles. The maximum absolute atomic E-state index is 11.9. The molecule has 2 heterocycles. The Morgan fingerprint density at radius 3 is 2.76 bits per heavy atom. The highest BCUT2D eigenvalue weighted by molar-refractivity contribution is 6.31. The lowest BCUT2D eigenvalue weighted by atomic mass is 9.87. The number of fused-ring (bicyclic) bond motifs is 4. The number of hydrogen-bond donors (Lipinski definition) is 0. The molecule has 0 spiro atoms. The molecule has 1 aromatic heterocycles. The number of hydrogen-bond acceptors (Lipinski definition) is 4. The lowest BCUT2D eigenvalue weighted by molar-refractivity contribution is -0.148. The van der Waals surface area contributed by atoms with Crippen molar-refractivity contribution in [2.45, 2.75) is 102 Å². The minimum atomic E-state index is -0.0353. The summed E-state index contributed by atoms with van der Waals surface area (Å²) in [5.74, 6) is 1.21. The van der Waals surface area contributed by atoms with Crippen molar-refractivity contribution in [2.75, 3.05) is 0 Å². The zero-order valence-electron chi connectivity index (χ0n) is 22.2. The van der Waals surface area contributed by atoms with Gasteiger partial charge in [-0.1, -0.05) is 48.0 Å². The Bertz CT molecular complexity index is 1320. The molecule has 2 unspecified atom stereocenters. The second kappa shape index (κ2) is 11.6. The van der Waals surface area contributed by atoms with E-state index < -0.39 is 0 Å². The van der Waals surface area contributed by atoms with E-state index in [4.69, 9.17) is 21.3 Å². The monoisotopic (exact) mass is 528 g/mol. The zero-order valence-corrected chi connectivity index (χ0v) is 22.9. The van der Waals surface area contributed by atoms with Crippen LogP contribution in [0.4, 0.5) is 0 Å². The van der Waals surface area contributed by atoms with Crippen LogP contribution in [0.3, 0.4) is 0 Å². The first-order chi connectivity index (χ1) is 18.6. The molecule has 5 heteroatoms. The van der Waals surface area contributed by atoms with E-state index in [9.17, 15) is 4.79 Å². The number of esters is 1. The number of aromatic nitrogens is 2. The van der Waals surface area contributed by atoms with E-state index in [-0.39, 0.29) is 12.1 Å². The molecule has 6 rings (SSSR count). The van der Waals surface area contributed by atoms with Crippen LogP contribution in [0, 0.1) is 0 Å². The standard InChI is InChI=1S/C33H37ClN2O2/c34-29-21-35-32(36-30(29)14-5-11-24-10-4-9-23-8-1-2-12-26(23)24)15-3-7-22-17-18-25-20-31-27(28(25)19-22)13-6-16-33(37)38-31/h4,9-10,17-19,21,27,31H,1-3,5-8,11-16,20H2. The van der Waals surface area contributed by atoms with Crippen molar-refractivity contribution in [3.8, 4) is 0 Å². The van der Waals surface area contributed by atoms with Gasteiger partial charge in [-0.2, -0.15) is 0 Å². The first kappa shape index (κ1) is 25.6. The number of benzene rings is 2. The number of carbonyl (C=O) groups excluding carboxylic acids is 1. The zero-order chi connectivity index (χ0) is 25.9. The van der Waals surface area contributed by atoms with Gasteiger partial charge in [0.05, 0.1) is 10.7 Å². The topological polar surface area (TPSA) is 52.1 Å². The summed E-state index contributed by atoms with van der Waals surface area (Å²) >= 11 is 6.50. The van der Waals surface area contributed by atoms with Gasteiger partial charge in [-0.15, -0.1) is 0 Å². The van der Waals surface area contributed by atoms with Crippen molar-refractivity contribution in [1.82, 2.24) is 9.97 Å². The summed E-state index contributed by atoms with van der Waals surface area (Å²) in [4.78, 5) is 21.3. The number of rotatable bonds is 8. The third-order valence-electron chi connectivity index (χ3n) is 8.74. The van der Waals surface area contributed by atoms with Crippen molar-refractivity contribution in [3.63, 3.8) is 0 Å². The van der Waals surface area contributed by atoms with Gasteiger partial charge in [0.1, 0.15) is 11.9 Å². The first-order valence-electron chi connectivity index (χ1n) is 14.5. The molecule has 38 heavy (non-hydrogen) atoms. The van der Waals surface area contributed by atoms with E-state index in [0.29, 0.717) is 17.4 Å². The molecule has 0 bridgehead atoms. The van der Waals surface area contributed by atoms with Crippen LogP contribution < -0.4 is 0 Å². The van der Waals surface area contributed by atoms with Crippen LogP contribution in [0.2, 0.25) is 5.02 Å². The van der Waals surface area contributed by atoms with Gasteiger partial charge in [-0.3, -0.25) is 4.79 Å². The lowest BCUT2D eigenvalue weighted by Gasteiger charge is -2.19. The quantitative estimate of drug-likeness (QED) is 0.293. The number of halogens is 1. The summed E-state index contributed by atoms with van der Waals surface area (Å²) in [7, 11) is 0. The molecule has 2 aliphatic carbocycles. The predicted molar refractivity (Wildman–Crippen MR) is 151 cm³/mol. The summed E-state index contributed by atoms with van der Waals surface area (Å²) in [6.45, 7) is 0. The second-order valence-electron chi connectivity index (χ2n) is 11.3. The van der Waals surface area contributed by atoms with Crippen molar-refractivity contribution in [1.29, 1.82) is 0 Å². The molecule has 1 aliphatic heterocycles. The highest BCUT2D eigenvalue weighted by atomic mass is 35.5. The van der Waals surface area contributed by atoms with E-state index in [1.807, 2.05) is 0 Å². The summed E-state index contributed by atoms with van der Waals surface area (Å²) in [5.41, 5.74) is 9.72. The Labute approximate surface area is 231 Å². The number of carbonyl (C=O) groups is 1. The minimum Gasteiger partial charge on any atom is -0.461 e. The average molecular weight is 529 g/mol. The highest BCUT2D eigenvalue weighted by Gasteiger charge is 2.36. The van der Waals surface area contributed by atoms with E-state index in [2.05, 4.69) is 41.4 Å². The molecule has 0 N–H and O–H groups in total. The Morgan fingerprint density at radius 2 is 1.82 bits per heavy atom. The summed E-state index contributed by atoms with van der Waals surface area (Å²) in [5, 5.41) is 0.682. The van der Waals surface area contributed by atoms with Gasteiger partial charge in [0.2, 0.25) is 0 Å². The van der Waals surface area contributed by atoms with Gasteiger partial charge in [0, 0.05) is 31.4 Å².